The number of thioether (sulfide) groups is 1. The molecule has 106 valence electrons. The van der Waals surface area contributed by atoms with E-state index in [1.807, 2.05) is 0 Å². The number of nitrogen functional groups attached to an aromatic ring is 1. The third kappa shape index (κ3) is 2.86. The second-order valence-electron chi connectivity index (χ2n) is 4.17. The Morgan fingerprint density at radius 3 is 2.89 bits per heavy atom. The minimum Gasteiger partial charge on any atom is -0.479 e. The number of sulfone groups is 1. The molecule has 1 saturated heterocycles. The van der Waals surface area contributed by atoms with E-state index < -0.39 is 15.2 Å². The van der Waals surface area contributed by atoms with Crippen LogP contribution in [-0.2, 0) is 9.84 Å². The summed E-state index contributed by atoms with van der Waals surface area (Å²) in [6.45, 7) is 0.576. The van der Waals surface area contributed by atoms with Gasteiger partial charge in [-0.05, 0) is 0 Å². The molecule has 1 aromatic heterocycles. The first-order chi connectivity index (χ1) is 8.95. The predicted molar refractivity (Wildman–Crippen MR) is 76.3 cm³/mol. The van der Waals surface area contributed by atoms with Gasteiger partial charge in [0.2, 0.25) is 5.88 Å². The van der Waals surface area contributed by atoms with Gasteiger partial charge < -0.3 is 15.4 Å². The molecule has 0 radical (unpaired) electrons. The number of hydrogen-bond donors (Lipinski definition) is 1. The Kier molecular flexibility index (Phi) is 4.04. The van der Waals surface area contributed by atoms with Crippen LogP contribution in [0.5, 0.6) is 5.88 Å². The maximum Gasteiger partial charge on any atom is 0.242 e. The molecule has 1 aromatic rings. The second kappa shape index (κ2) is 5.41. The lowest BCUT2D eigenvalue weighted by Crippen LogP contribution is -2.47. The van der Waals surface area contributed by atoms with Crippen LogP contribution in [0, 0.1) is 0 Å². The number of hydrogen-bond acceptors (Lipinski definition) is 8. The fraction of sp³-hybridized carbons (Fsp3) is 0.600. The summed E-state index contributed by atoms with van der Waals surface area (Å²) in [5, 5.41) is -0.617. The van der Waals surface area contributed by atoms with Gasteiger partial charge in [0, 0.05) is 24.3 Å². The molecule has 0 aromatic carbocycles. The van der Waals surface area contributed by atoms with Gasteiger partial charge in [0.25, 0.3) is 0 Å². The third-order valence-electron chi connectivity index (χ3n) is 2.87. The van der Waals surface area contributed by atoms with E-state index in [9.17, 15) is 8.42 Å². The van der Waals surface area contributed by atoms with Gasteiger partial charge in [-0.15, -0.1) is 0 Å². The van der Waals surface area contributed by atoms with E-state index in [2.05, 4.69) is 9.97 Å². The number of rotatable bonds is 3. The molecule has 1 fully saturated rings. The highest BCUT2D eigenvalue weighted by atomic mass is 32.2. The van der Waals surface area contributed by atoms with Crippen molar-refractivity contribution in [1.29, 1.82) is 0 Å². The molecule has 1 aliphatic heterocycles. The third-order valence-corrected chi connectivity index (χ3v) is 5.51. The Hall–Kier alpha value is -1.22. The van der Waals surface area contributed by atoms with Gasteiger partial charge in [-0.3, -0.25) is 0 Å². The van der Waals surface area contributed by atoms with E-state index >= 15 is 0 Å². The van der Waals surface area contributed by atoms with Gasteiger partial charge in [-0.1, -0.05) is 0 Å². The Morgan fingerprint density at radius 2 is 2.26 bits per heavy atom. The lowest BCUT2D eigenvalue weighted by molar-refractivity contribution is 0.399. The highest BCUT2D eigenvalue weighted by Gasteiger charge is 2.33. The Morgan fingerprint density at radius 1 is 1.53 bits per heavy atom. The van der Waals surface area contributed by atoms with Crippen molar-refractivity contribution in [2.24, 2.45) is 0 Å². The SMILES string of the molecule is COc1ncnc(N2CCSCC2S(C)(=O)=O)c1N. The summed E-state index contributed by atoms with van der Waals surface area (Å²) in [6, 6.07) is 0. The number of nitrogens with zero attached hydrogens (tertiary/aromatic N) is 3. The van der Waals surface area contributed by atoms with Crippen LogP contribution >= 0.6 is 11.8 Å². The zero-order valence-electron chi connectivity index (χ0n) is 10.7. The average molecular weight is 304 g/mol. The fourth-order valence-electron chi connectivity index (χ4n) is 1.94. The van der Waals surface area contributed by atoms with Crippen molar-refractivity contribution in [3.8, 4) is 5.88 Å². The molecule has 2 heterocycles. The summed E-state index contributed by atoms with van der Waals surface area (Å²) in [7, 11) is -1.75. The van der Waals surface area contributed by atoms with E-state index in [0.29, 0.717) is 18.1 Å². The molecule has 7 nitrogen and oxygen atoms in total. The summed E-state index contributed by atoms with van der Waals surface area (Å²) in [4.78, 5) is 9.72. The minimum absolute atomic E-state index is 0.260. The van der Waals surface area contributed by atoms with Crippen molar-refractivity contribution < 1.29 is 13.2 Å². The molecule has 0 aliphatic carbocycles. The van der Waals surface area contributed by atoms with Crippen LogP contribution in [0.3, 0.4) is 0 Å². The molecule has 1 aliphatic rings. The topological polar surface area (TPSA) is 98.4 Å². The second-order valence-corrected chi connectivity index (χ2v) is 7.53. The molecule has 1 unspecified atom stereocenters. The first kappa shape index (κ1) is 14.2. The van der Waals surface area contributed by atoms with Crippen LogP contribution in [-0.4, -0.2) is 55.2 Å². The van der Waals surface area contributed by atoms with Crippen LogP contribution in [0.25, 0.3) is 0 Å². The summed E-state index contributed by atoms with van der Waals surface area (Å²) < 4.78 is 28.8. The number of anilines is 2. The maximum atomic E-state index is 11.9. The number of aromatic nitrogens is 2. The summed E-state index contributed by atoms with van der Waals surface area (Å²) in [5.41, 5.74) is 6.21. The minimum atomic E-state index is -3.21. The number of methoxy groups -OCH3 is 1. The number of nitrogens with two attached hydrogens (primary N) is 1. The summed E-state index contributed by atoms with van der Waals surface area (Å²) in [5.74, 6) is 2.01. The largest absolute Gasteiger partial charge is 0.479 e. The van der Waals surface area contributed by atoms with Crippen LogP contribution in [0.1, 0.15) is 0 Å². The first-order valence-electron chi connectivity index (χ1n) is 5.63. The zero-order chi connectivity index (χ0) is 14.0. The lowest BCUT2D eigenvalue weighted by Gasteiger charge is -2.35. The van der Waals surface area contributed by atoms with Gasteiger partial charge >= 0.3 is 0 Å². The van der Waals surface area contributed by atoms with E-state index in [-0.39, 0.29) is 11.6 Å². The van der Waals surface area contributed by atoms with Gasteiger partial charge in [-0.2, -0.15) is 16.7 Å². The van der Waals surface area contributed by atoms with E-state index in [4.69, 9.17) is 10.5 Å². The van der Waals surface area contributed by atoms with Crippen LogP contribution in [0.4, 0.5) is 11.5 Å². The summed E-state index contributed by atoms with van der Waals surface area (Å²) in [6.07, 6.45) is 2.55. The molecule has 2 N–H and O–H groups in total. The Bertz CT molecular complexity index is 564. The monoisotopic (exact) mass is 304 g/mol. The Labute approximate surface area is 116 Å². The van der Waals surface area contributed by atoms with E-state index in [1.165, 1.54) is 19.7 Å². The van der Waals surface area contributed by atoms with Crippen molar-refractivity contribution in [3.05, 3.63) is 6.33 Å². The molecule has 0 bridgehead atoms. The zero-order valence-corrected chi connectivity index (χ0v) is 12.4. The van der Waals surface area contributed by atoms with Gasteiger partial charge in [0.15, 0.2) is 15.7 Å². The molecule has 1 atom stereocenters. The van der Waals surface area contributed by atoms with Gasteiger partial charge in [-0.25, -0.2) is 13.4 Å². The van der Waals surface area contributed by atoms with Gasteiger partial charge in [0.05, 0.1) is 7.11 Å². The molecular formula is C10H16N4O3S2. The van der Waals surface area contributed by atoms with Crippen LogP contribution in [0.15, 0.2) is 6.33 Å². The maximum absolute atomic E-state index is 11.9. The highest BCUT2D eigenvalue weighted by Crippen LogP contribution is 2.32. The molecular weight excluding hydrogens is 288 g/mol. The normalized spacial score (nSPS) is 20.3. The van der Waals surface area contributed by atoms with Crippen molar-refractivity contribution in [2.45, 2.75) is 5.37 Å². The average Bonchev–Trinajstić information content (AvgIpc) is 2.38. The quantitative estimate of drug-likeness (QED) is 0.832. The molecule has 19 heavy (non-hydrogen) atoms. The van der Waals surface area contributed by atoms with Crippen molar-refractivity contribution in [1.82, 2.24) is 9.97 Å². The molecule has 0 spiro atoms. The molecule has 9 heteroatoms. The molecule has 0 amide bonds. The molecule has 2 rings (SSSR count). The first-order valence-corrected chi connectivity index (χ1v) is 8.73. The van der Waals surface area contributed by atoms with Crippen LogP contribution in [0.2, 0.25) is 0 Å². The fourth-order valence-corrected chi connectivity index (χ4v) is 4.76. The van der Waals surface area contributed by atoms with Crippen molar-refractivity contribution in [3.63, 3.8) is 0 Å². The van der Waals surface area contributed by atoms with Gasteiger partial charge in [0.1, 0.15) is 17.4 Å². The standard InChI is InChI=1S/C10H16N4O3S2/c1-17-10-8(11)9(12-6-13-10)14-3-4-18-5-7(14)19(2,15)16/h6-7H,3-5,11H2,1-2H3. The van der Waals surface area contributed by atoms with Crippen molar-refractivity contribution in [2.75, 3.05) is 42.0 Å². The number of ether oxygens (including phenoxy) is 1. The van der Waals surface area contributed by atoms with Crippen molar-refractivity contribution >= 4 is 33.1 Å². The van der Waals surface area contributed by atoms with E-state index in [1.54, 1.807) is 16.7 Å². The Balaban J connectivity index is 2.44. The smallest absolute Gasteiger partial charge is 0.242 e. The van der Waals surface area contributed by atoms with Crippen LogP contribution < -0.4 is 15.4 Å². The highest BCUT2D eigenvalue weighted by molar-refractivity contribution is 8.01. The van der Waals surface area contributed by atoms with E-state index in [0.717, 1.165) is 5.75 Å². The summed E-state index contributed by atoms with van der Waals surface area (Å²) >= 11 is 1.61. The lowest BCUT2D eigenvalue weighted by atomic mass is 10.4. The molecule has 0 saturated carbocycles. The predicted octanol–water partition coefficient (Wildman–Crippen LogP) is -0.00870.